The Balaban J connectivity index is 2.29. The number of rotatable bonds is 6. The number of nitrogens with one attached hydrogen (secondary N) is 1. The van der Waals surface area contributed by atoms with Crippen LogP contribution in [0.5, 0.6) is 5.75 Å². The van der Waals surface area contributed by atoms with E-state index in [9.17, 15) is 5.11 Å². The zero-order chi connectivity index (χ0) is 12.0. The van der Waals surface area contributed by atoms with Crippen LogP contribution < -0.4 is 5.32 Å². The summed E-state index contributed by atoms with van der Waals surface area (Å²) in [5.74, 6) is 1.16. The van der Waals surface area contributed by atoms with Crippen molar-refractivity contribution in [2.24, 2.45) is 5.92 Å². The second kappa shape index (κ2) is 6.54. The maximum atomic E-state index is 9.64. The third kappa shape index (κ3) is 4.67. The molecule has 0 saturated heterocycles. The van der Waals surface area contributed by atoms with Crippen molar-refractivity contribution < 1.29 is 5.11 Å². The summed E-state index contributed by atoms with van der Waals surface area (Å²) in [6.07, 6.45) is 2.46. The molecule has 1 aromatic carbocycles. The molecule has 16 heavy (non-hydrogen) atoms. The number of aromatic hydroxyl groups is 1. The Kier molecular flexibility index (Phi) is 5.33. The average molecular weight is 221 g/mol. The first kappa shape index (κ1) is 13.0. The fourth-order valence-corrected chi connectivity index (χ4v) is 1.71. The van der Waals surface area contributed by atoms with Gasteiger partial charge in [0.1, 0.15) is 5.75 Å². The first-order valence-electron chi connectivity index (χ1n) is 6.09. The summed E-state index contributed by atoms with van der Waals surface area (Å²) in [6.45, 7) is 8.30. The van der Waals surface area contributed by atoms with E-state index in [0.29, 0.717) is 5.75 Å². The minimum Gasteiger partial charge on any atom is -0.508 e. The number of phenolic OH excluding ortho intramolecular Hbond substituents is 1. The van der Waals surface area contributed by atoms with Gasteiger partial charge < -0.3 is 10.4 Å². The largest absolute Gasteiger partial charge is 0.508 e. The molecule has 2 N–H and O–H groups in total. The molecule has 1 aromatic rings. The SMILES string of the molecule is Cc1ccc(O)c(CNCCCC(C)C)c1. The van der Waals surface area contributed by atoms with Gasteiger partial charge in [-0.05, 0) is 38.3 Å². The standard InChI is InChI=1S/C14H23NO/c1-11(2)5-4-8-15-10-13-9-12(3)6-7-14(13)16/h6-7,9,11,15-16H,4-5,8,10H2,1-3H3. The van der Waals surface area contributed by atoms with Gasteiger partial charge in [0.2, 0.25) is 0 Å². The lowest BCUT2D eigenvalue weighted by atomic mass is 10.1. The first-order valence-corrected chi connectivity index (χ1v) is 6.09. The van der Waals surface area contributed by atoms with Crippen LogP contribution in [0, 0.1) is 12.8 Å². The van der Waals surface area contributed by atoms with E-state index in [0.717, 1.165) is 24.6 Å². The lowest BCUT2D eigenvalue weighted by Gasteiger charge is -2.08. The van der Waals surface area contributed by atoms with E-state index in [1.807, 2.05) is 19.1 Å². The summed E-state index contributed by atoms with van der Waals surface area (Å²) in [5, 5.41) is 13.0. The zero-order valence-electron chi connectivity index (χ0n) is 10.6. The van der Waals surface area contributed by atoms with E-state index in [2.05, 4.69) is 19.2 Å². The van der Waals surface area contributed by atoms with Gasteiger partial charge in [0.05, 0.1) is 0 Å². The molecule has 0 atom stereocenters. The third-order valence-corrected chi connectivity index (χ3v) is 2.69. The van der Waals surface area contributed by atoms with E-state index in [4.69, 9.17) is 0 Å². The molecular formula is C14H23NO. The Morgan fingerprint density at radius 2 is 2.06 bits per heavy atom. The molecule has 0 heterocycles. The van der Waals surface area contributed by atoms with Crippen LogP contribution in [0.25, 0.3) is 0 Å². The van der Waals surface area contributed by atoms with E-state index in [1.165, 1.54) is 18.4 Å². The molecule has 2 nitrogen and oxygen atoms in total. The zero-order valence-corrected chi connectivity index (χ0v) is 10.6. The van der Waals surface area contributed by atoms with Crippen molar-refractivity contribution in [2.75, 3.05) is 6.54 Å². The molecule has 90 valence electrons. The molecule has 0 aromatic heterocycles. The van der Waals surface area contributed by atoms with Gasteiger partial charge in [-0.2, -0.15) is 0 Å². The quantitative estimate of drug-likeness (QED) is 0.723. The molecule has 2 heteroatoms. The minimum absolute atomic E-state index is 0.391. The Bertz CT molecular complexity index is 321. The molecule has 1 rings (SSSR count). The third-order valence-electron chi connectivity index (χ3n) is 2.69. The monoisotopic (exact) mass is 221 g/mol. The fraction of sp³-hybridized carbons (Fsp3) is 0.571. The second-order valence-corrected chi connectivity index (χ2v) is 4.85. The molecule has 0 fully saturated rings. The number of benzene rings is 1. The van der Waals surface area contributed by atoms with Crippen molar-refractivity contribution in [3.8, 4) is 5.75 Å². The number of aryl methyl sites for hydroxylation is 1. The highest BCUT2D eigenvalue weighted by Crippen LogP contribution is 2.17. The van der Waals surface area contributed by atoms with Crippen molar-refractivity contribution in [1.82, 2.24) is 5.32 Å². The number of hydrogen-bond donors (Lipinski definition) is 2. The van der Waals surface area contributed by atoms with Gasteiger partial charge in [0.15, 0.2) is 0 Å². The van der Waals surface area contributed by atoms with E-state index < -0.39 is 0 Å². The summed E-state index contributed by atoms with van der Waals surface area (Å²) >= 11 is 0. The molecule has 0 aliphatic rings. The second-order valence-electron chi connectivity index (χ2n) is 4.85. The minimum atomic E-state index is 0.391. The van der Waals surface area contributed by atoms with Crippen molar-refractivity contribution in [3.05, 3.63) is 29.3 Å². The Labute approximate surface area is 98.7 Å². The van der Waals surface area contributed by atoms with Gasteiger partial charge in [0.25, 0.3) is 0 Å². The van der Waals surface area contributed by atoms with Gasteiger partial charge in [-0.15, -0.1) is 0 Å². The van der Waals surface area contributed by atoms with E-state index in [1.54, 1.807) is 6.07 Å². The van der Waals surface area contributed by atoms with Crippen molar-refractivity contribution in [2.45, 2.75) is 40.2 Å². The van der Waals surface area contributed by atoms with Crippen molar-refractivity contribution in [1.29, 1.82) is 0 Å². The summed E-state index contributed by atoms with van der Waals surface area (Å²) < 4.78 is 0. The Hall–Kier alpha value is -1.02. The van der Waals surface area contributed by atoms with Crippen LogP contribution in [-0.2, 0) is 6.54 Å². The van der Waals surface area contributed by atoms with Gasteiger partial charge in [-0.25, -0.2) is 0 Å². The highest BCUT2D eigenvalue weighted by atomic mass is 16.3. The molecule has 0 radical (unpaired) electrons. The van der Waals surface area contributed by atoms with Crippen LogP contribution in [0.15, 0.2) is 18.2 Å². The summed E-state index contributed by atoms with van der Waals surface area (Å²) in [5.41, 5.74) is 2.18. The normalized spacial score (nSPS) is 11.0. The first-order chi connectivity index (χ1) is 7.59. The maximum absolute atomic E-state index is 9.64. The highest BCUT2D eigenvalue weighted by molar-refractivity contribution is 5.35. The molecule has 0 bridgehead atoms. The van der Waals surface area contributed by atoms with E-state index in [-0.39, 0.29) is 0 Å². The molecule has 0 saturated carbocycles. The molecule has 0 aliphatic carbocycles. The van der Waals surface area contributed by atoms with Crippen LogP contribution >= 0.6 is 0 Å². The predicted octanol–water partition coefficient (Wildman–Crippen LogP) is 3.23. The molecular weight excluding hydrogens is 198 g/mol. The van der Waals surface area contributed by atoms with E-state index >= 15 is 0 Å². The van der Waals surface area contributed by atoms with Crippen LogP contribution in [0.1, 0.15) is 37.8 Å². The molecule has 0 aliphatic heterocycles. The van der Waals surface area contributed by atoms with Gasteiger partial charge in [0, 0.05) is 12.1 Å². The molecule has 0 spiro atoms. The molecule has 0 amide bonds. The van der Waals surface area contributed by atoms with Crippen molar-refractivity contribution >= 4 is 0 Å². The smallest absolute Gasteiger partial charge is 0.120 e. The average Bonchev–Trinajstić information content (AvgIpc) is 2.22. The lowest BCUT2D eigenvalue weighted by molar-refractivity contribution is 0.462. The number of hydrogen-bond acceptors (Lipinski definition) is 2. The van der Waals surface area contributed by atoms with Crippen molar-refractivity contribution in [3.63, 3.8) is 0 Å². The summed E-state index contributed by atoms with van der Waals surface area (Å²) in [6, 6.07) is 5.73. The number of phenols is 1. The predicted molar refractivity (Wildman–Crippen MR) is 68.6 cm³/mol. The van der Waals surface area contributed by atoms with Gasteiger partial charge in [-0.3, -0.25) is 0 Å². The maximum Gasteiger partial charge on any atom is 0.120 e. The molecule has 0 unspecified atom stereocenters. The van der Waals surface area contributed by atoms with Crippen LogP contribution in [0.4, 0.5) is 0 Å². The highest BCUT2D eigenvalue weighted by Gasteiger charge is 2.00. The van der Waals surface area contributed by atoms with Gasteiger partial charge >= 0.3 is 0 Å². The fourth-order valence-electron chi connectivity index (χ4n) is 1.71. The van der Waals surface area contributed by atoms with Crippen LogP contribution in [0.2, 0.25) is 0 Å². The summed E-state index contributed by atoms with van der Waals surface area (Å²) in [7, 11) is 0. The van der Waals surface area contributed by atoms with Crippen LogP contribution in [0.3, 0.4) is 0 Å². The lowest BCUT2D eigenvalue weighted by Crippen LogP contribution is -2.15. The van der Waals surface area contributed by atoms with Gasteiger partial charge in [-0.1, -0.05) is 31.5 Å². The van der Waals surface area contributed by atoms with Crippen LogP contribution in [-0.4, -0.2) is 11.7 Å². The Morgan fingerprint density at radius 1 is 1.31 bits per heavy atom. The topological polar surface area (TPSA) is 32.3 Å². The Morgan fingerprint density at radius 3 is 2.75 bits per heavy atom. The summed E-state index contributed by atoms with van der Waals surface area (Å²) in [4.78, 5) is 0.